The van der Waals surface area contributed by atoms with Gasteiger partial charge in [0.1, 0.15) is 17.0 Å². The molecule has 0 aliphatic carbocycles. The Bertz CT molecular complexity index is 2510. The quantitative estimate of drug-likeness (QED) is 0.199. The van der Waals surface area contributed by atoms with Crippen LogP contribution >= 0.6 is 0 Å². The molecule has 4 nitrogen and oxygen atoms in total. The molecule has 0 radical (unpaired) electrons. The molecule has 0 bridgehead atoms. The highest BCUT2D eigenvalue weighted by Gasteiger charge is 2.22. The fourth-order valence-corrected chi connectivity index (χ4v) is 6.77. The van der Waals surface area contributed by atoms with Crippen LogP contribution in [0.15, 0.2) is 186 Å². The lowest BCUT2D eigenvalue weighted by Crippen LogP contribution is -2.31. The Labute approximate surface area is 284 Å². The molecular weight excluding hydrogens is 599 g/mol. The van der Waals surface area contributed by atoms with E-state index in [2.05, 4.69) is 150 Å². The minimum Gasteiger partial charge on any atom is -0.455 e. The first-order valence-electron chi connectivity index (χ1n) is 16.5. The van der Waals surface area contributed by atoms with Gasteiger partial charge in [0.05, 0.1) is 11.7 Å². The molecular formula is C45H31N3O. The maximum absolute atomic E-state index is 6.53. The van der Waals surface area contributed by atoms with Gasteiger partial charge in [-0.2, -0.15) is 0 Å². The molecule has 1 unspecified atom stereocenters. The van der Waals surface area contributed by atoms with Gasteiger partial charge in [-0.3, -0.25) is 4.98 Å². The van der Waals surface area contributed by atoms with Gasteiger partial charge in [-0.1, -0.05) is 121 Å². The predicted octanol–water partition coefficient (Wildman–Crippen LogP) is 11.1. The Hall–Kier alpha value is -6.52. The molecule has 3 heterocycles. The number of rotatable bonds is 6. The van der Waals surface area contributed by atoms with Gasteiger partial charge in [0, 0.05) is 39.9 Å². The summed E-state index contributed by atoms with van der Waals surface area (Å²) in [6.45, 7) is 0. The summed E-state index contributed by atoms with van der Waals surface area (Å²) in [7, 11) is 0. The Morgan fingerprint density at radius 1 is 0.510 bits per heavy atom. The molecule has 1 aliphatic rings. The van der Waals surface area contributed by atoms with Crippen molar-refractivity contribution in [1.29, 1.82) is 0 Å². The molecule has 9 rings (SSSR count). The molecule has 1 N–H and O–H groups in total. The SMILES string of the molecule is C1=C(c2ccccc2)N=C(c2cc(-c3cccc(-c4cccnc4)c3)cc(-c3cccc4c3oc3ccccc34)c2)NC1c1ccccc1. The zero-order valence-corrected chi connectivity index (χ0v) is 26.6. The van der Waals surface area contributed by atoms with Crippen LogP contribution in [0, 0.1) is 0 Å². The van der Waals surface area contributed by atoms with Gasteiger partial charge in [-0.25, -0.2) is 4.99 Å². The van der Waals surface area contributed by atoms with Crippen LogP contribution in [-0.4, -0.2) is 10.8 Å². The van der Waals surface area contributed by atoms with E-state index in [9.17, 15) is 0 Å². The van der Waals surface area contributed by atoms with Crippen molar-refractivity contribution in [2.45, 2.75) is 6.04 Å². The van der Waals surface area contributed by atoms with Crippen molar-refractivity contribution in [2.75, 3.05) is 0 Å². The summed E-state index contributed by atoms with van der Waals surface area (Å²) >= 11 is 0. The van der Waals surface area contributed by atoms with E-state index in [-0.39, 0.29) is 6.04 Å². The molecule has 1 atom stereocenters. The second-order valence-electron chi connectivity index (χ2n) is 12.3. The number of aliphatic imine (C=N–C) groups is 1. The highest BCUT2D eigenvalue weighted by Crippen LogP contribution is 2.39. The highest BCUT2D eigenvalue weighted by atomic mass is 16.3. The summed E-state index contributed by atoms with van der Waals surface area (Å²) in [5, 5.41) is 6.00. The van der Waals surface area contributed by atoms with E-state index in [1.54, 1.807) is 6.20 Å². The second kappa shape index (κ2) is 12.3. The zero-order chi connectivity index (χ0) is 32.6. The number of fused-ring (bicyclic) bond motifs is 3. The van der Waals surface area contributed by atoms with E-state index < -0.39 is 0 Å². The van der Waals surface area contributed by atoms with Gasteiger partial charge >= 0.3 is 0 Å². The summed E-state index contributed by atoms with van der Waals surface area (Å²) in [5.41, 5.74) is 12.4. The topological polar surface area (TPSA) is 50.4 Å². The number of nitrogens with zero attached hydrogens (tertiary/aromatic N) is 2. The molecule has 0 amide bonds. The molecule has 0 spiro atoms. The smallest absolute Gasteiger partial charge is 0.143 e. The third kappa shape index (κ3) is 5.49. The number of hydrogen-bond acceptors (Lipinski definition) is 4. The van der Waals surface area contributed by atoms with Crippen LogP contribution in [0.5, 0.6) is 0 Å². The van der Waals surface area contributed by atoms with Gasteiger partial charge in [0.15, 0.2) is 0 Å². The second-order valence-corrected chi connectivity index (χ2v) is 12.3. The van der Waals surface area contributed by atoms with Crippen molar-refractivity contribution in [1.82, 2.24) is 10.3 Å². The fraction of sp³-hybridized carbons (Fsp3) is 0.0222. The molecule has 1 aliphatic heterocycles. The van der Waals surface area contributed by atoms with Gasteiger partial charge in [0.25, 0.3) is 0 Å². The van der Waals surface area contributed by atoms with Crippen LogP contribution in [-0.2, 0) is 0 Å². The maximum Gasteiger partial charge on any atom is 0.143 e. The average molecular weight is 630 g/mol. The number of pyridine rings is 1. The Balaban J connectivity index is 1.25. The van der Waals surface area contributed by atoms with E-state index >= 15 is 0 Å². The van der Waals surface area contributed by atoms with Crippen molar-refractivity contribution >= 4 is 33.5 Å². The molecule has 0 saturated carbocycles. The Morgan fingerprint density at radius 2 is 1.16 bits per heavy atom. The summed E-state index contributed by atoms with van der Waals surface area (Å²) in [4.78, 5) is 9.63. The first kappa shape index (κ1) is 28.7. The average Bonchev–Trinajstić information content (AvgIpc) is 3.58. The molecule has 8 aromatic rings. The number of aromatic nitrogens is 1. The lowest BCUT2D eigenvalue weighted by molar-refractivity contribution is 0.670. The first-order chi connectivity index (χ1) is 24.3. The van der Waals surface area contributed by atoms with Crippen molar-refractivity contribution in [3.63, 3.8) is 0 Å². The predicted molar refractivity (Wildman–Crippen MR) is 201 cm³/mol. The van der Waals surface area contributed by atoms with Gasteiger partial charge in [-0.15, -0.1) is 0 Å². The lowest BCUT2D eigenvalue weighted by atomic mass is 9.92. The third-order valence-corrected chi connectivity index (χ3v) is 9.19. The minimum atomic E-state index is -0.0521. The van der Waals surface area contributed by atoms with Crippen LogP contribution in [0.1, 0.15) is 22.7 Å². The standard InChI is InChI=1S/C45H31N3O/c1-3-12-30(13-4-1)41-28-42(31-14-5-2-6-15-31)48-45(47-41)37-26-35(33-17-9-16-32(24-33)34-18-11-23-46-29-34)25-36(27-37)38-20-10-21-40-39-19-7-8-22-43(39)49-44(38)40/h1-29,41H,(H,47,48). The normalized spacial score (nSPS) is 14.3. The number of para-hydroxylation sites is 2. The lowest BCUT2D eigenvalue weighted by Gasteiger charge is -2.25. The van der Waals surface area contributed by atoms with Gasteiger partial charge in [-0.05, 0) is 75.9 Å². The number of furan rings is 1. The van der Waals surface area contributed by atoms with Crippen LogP contribution < -0.4 is 5.32 Å². The Morgan fingerprint density at radius 3 is 2.00 bits per heavy atom. The summed E-state index contributed by atoms with van der Waals surface area (Å²) < 4.78 is 6.53. The summed E-state index contributed by atoms with van der Waals surface area (Å²) in [6.07, 6.45) is 5.93. The van der Waals surface area contributed by atoms with Crippen molar-refractivity contribution in [2.24, 2.45) is 4.99 Å². The van der Waals surface area contributed by atoms with Gasteiger partial charge < -0.3 is 9.73 Å². The van der Waals surface area contributed by atoms with Crippen LogP contribution in [0.25, 0.3) is 61.0 Å². The molecule has 232 valence electrons. The van der Waals surface area contributed by atoms with Crippen LogP contribution in [0.3, 0.4) is 0 Å². The molecule has 2 aromatic heterocycles. The number of amidine groups is 1. The largest absolute Gasteiger partial charge is 0.455 e. The van der Waals surface area contributed by atoms with Crippen LogP contribution in [0.4, 0.5) is 0 Å². The fourth-order valence-electron chi connectivity index (χ4n) is 6.77. The Kier molecular flexibility index (Phi) is 7.17. The molecule has 49 heavy (non-hydrogen) atoms. The highest BCUT2D eigenvalue weighted by molar-refractivity contribution is 6.11. The van der Waals surface area contributed by atoms with E-state index in [0.717, 1.165) is 78.0 Å². The van der Waals surface area contributed by atoms with E-state index in [1.807, 2.05) is 30.5 Å². The zero-order valence-electron chi connectivity index (χ0n) is 26.6. The van der Waals surface area contributed by atoms with Crippen molar-refractivity contribution in [3.05, 3.63) is 193 Å². The number of benzene rings is 6. The van der Waals surface area contributed by atoms with Crippen molar-refractivity contribution in [3.8, 4) is 33.4 Å². The molecule has 0 fully saturated rings. The van der Waals surface area contributed by atoms with Crippen LogP contribution in [0.2, 0.25) is 0 Å². The summed E-state index contributed by atoms with van der Waals surface area (Å²) in [6, 6.07) is 55.0. The maximum atomic E-state index is 6.53. The summed E-state index contributed by atoms with van der Waals surface area (Å²) in [5.74, 6) is 0.818. The minimum absolute atomic E-state index is 0.0521. The van der Waals surface area contributed by atoms with Gasteiger partial charge in [0.2, 0.25) is 0 Å². The van der Waals surface area contributed by atoms with E-state index in [0.29, 0.717) is 0 Å². The molecule has 0 saturated heterocycles. The molecule has 4 heteroatoms. The number of hydrogen-bond donors (Lipinski definition) is 1. The van der Waals surface area contributed by atoms with E-state index in [1.165, 1.54) is 5.56 Å². The number of nitrogens with one attached hydrogen (secondary N) is 1. The molecule has 6 aromatic carbocycles. The van der Waals surface area contributed by atoms with Crippen molar-refractivity contribution < 1.29 is 4.42 Å². The monoisotopic (exact) mass is 629 g/mol. The van der Waals surface area contributed by atoms with E-state index in [4.69, 9.17) is 9.41 Å². The third-order valence-electron chi connectivity index (χ3n) is 9.19. The first-order valence-corrected chi connectivity index (χ1v) is 16.5.